The highest BCUT2D eigenvalue weighted by atomic mass is 32.2. The minimum atomic E-state index is 0.748. The number of hydrogen-bond donors (Lipinski definition) is 1. The fourth-order valence-electron chi connectivity index (χ4n) is 0.852. The average molecular weight is 143 g/mol. The molecule has 0 saturated carbocycles. The van der Waals surface area contributed by atoms with Gasteiger partial charge in [0.05, 0.1) is 5.03 Å². The van der Waals surface area contributed by atoms with E-state index in [1.54, 1.807) is 0 Å². The van der Waals surface area contributed by atoms with Crippen molar-refractivity contribution in [3.63, 3.8) is 0 Å². The average Bonchev–Trinajstić information content (AvgIpc) is 2.14. The largest absolute Gasteiger partial charge is 0.379 e. The highest BCUT2D eigenvalue weighted by Crippen LogP contribution is 2.28. The molecule has 9 heavy (non-hydrogen) atoms. The van der Waals surface area contributed by atoms with E-state index in [1.165, 1.54) is 0 Å². The van der Waals surface area contributed by atoms with Crippen molar-refractivity contribution in [2.75, 3.05) is 6.54 Å². The van der Waals surface area contributed by atoms with Gasteiger partial charge in [-0.2, -0.15) is 0 Å². The lowest BCUT2D eigenvalue weighted by Crippen LogP contribution is -2.16. The predicted octanol–water partition coefficient (Wildman–Crippen LogP) is 1.82. The van der Waals surface area contributed by atoms with Crippen LogP contribution < -0.4 is 5.32 Å². The van der Waals surface area contributed by atoms with Crippen LogP contribution in [0.2, 0.25) is 0 Å². The molecule has 0 unspecified atom stereocenters. The van der Waals surface area contributed by atoms with Gasteiger partial charge < -0.3 is 5.32 Å². The van der Waals surface area contributed by atoms with E-state index in [0.717, 1.165) is 22.7 Å². The van der Waals surface area contributed by atoms with E-state index >= 15 is 0 Å². The molecule has 1 nitrogen and oxygen atoms in total. The summed E-state index contributed by atoms with van der Waals surface area (Å²) in [7, 11) is 0. The van der Waals surface area contributed by atoms with Gasteiger partial charge in [-0.1, -0.05) is 20.4 Å². The molecule has 1 fully saturated rings. The number of thioether (sulfide) groups is 1. The summed E-state index contributed by atoms with van der Waals surface area (Å²) in [6.07, 6.45) is 0. The van der Waals surface area contributed by atoms with Crippen molar-refractivity contribution in [2.45, 2.75) is 19.1 Å². The third-order valence-corrected chi connectivity index (χ3v) is 2.98. The second-order valence-electron chi connectivity index (χ2n) is 2.70. The Kier molecular flexibility index (Phi) is 2.06. The molecule has 1 rings (SSSR count). The first-order valence-electron chi connectivity index (χ1n) is 3.29. The summed E-state index contributed by atoms with van der Waals surface area (Å²) in [6, 6.07) is 0. The van der Waals surface area contributed by atoms with Crippen molar-refractivity contribution < 1.29 is 0 Å². The Hall–Kier alpha value is -0.110. The minimum Gasteiger partial charge on any atom is -0.379 e. The van der Waals surface area contributed by atoms with E-state index in [2.05, 4.69) is 25.7 Å². The van der Waals surface area contributed by atoms with E-state index < -0.39 is 0 Å². The van der Waals surface area contributed by atoms with Gasteiger partial charge in [-0.3, -0.25) is 0 Å². The molecule has 1 aliphatic heterocycles. The molecular weight excluding hydrogens is 130 g/mol. The molecular formula is C7H13NS. The summed E-state index contributed by atoms with van der Waals surface area (Å²) >= 11 is 1.87. The smallest absolute Gasteiger partial charge is 0.0611 e. The Labute approximate surface area is 60.9 Å². The Balaban J connectivity index is 2.39. The van der Waals surface area contributed by atoms with Crippen molar-refractivity contribution in [1.82, 2.24) is 5.32 Å². The maximum Gasteiger partial charge on any atom is 0.0611 e. The molecule has 0 bridgehead atoms. The summed E-state index contributed by atoms with van der Waals surface area (Å²) in [4.78, 5) is 0. The van der Waals surface area contributed by atoms with E-state index in [4.69, 9.17) is 0 Å². The molecule has 0 aliphatic carbocycles. The van der Waals surface area contributed by atoms with Gasteiger partial charge in [-0.05, 0) is 5.92 Å². The van der Waals surface area contributed by atoms with Crippen LogP contribution in [0.25, 0.3) is 0 Å². The Morgan fingerprint density at radius 1 is 1.78 bits per heavy atom. The van der Waals surface area contributed by atoms with E-state index in [9.17, 15) is 0 Å². The Morgan fingerprint density at radius 2 is 2.44 bits per heavy atom. The van der Waals surface area contributed by atoms with Gasteiger partial charge in [-0.25, -0.2) is 0 Å². The first kappa shape index (κ1) is 7.00. The van der Waals surface area contributed by atoms with E-state index in [-0.39, 0.29) is 0 Å². The monoisotopic (exact) mass is 143 g/mol. The van der Waals surface area contributed by atoms with Crippen LogP contribution in [-0.2, 0) is 0 Å². The van der Waals surface area contributed by atoms with Crippen molar-refractivity contribution in [3.8, 4) is 0 Å². The van der Waals surface area contributed by atoms with Gasteiger partial charge in [0.2, 0.25) is 0 Å². The molecule has 1 saturated heterocycles. The summed E-state index contributed by atoms with van der Waals surface area (Å²) in [5.41, 5.74) is 0. The third-order valence-electron chi connectivity index (χ3n) is 1.54. The standard InChI is InChI=1S/C7H13NS/c1-5(2)7-4-8-6(3)9-7/h5,7-8H,3-4H2,1-2H3/t7-/m0/s1. The molecule has 0 radical (unpaired) electrons. The molecule has 0 aromatic heterocycles. The van der Waals surface area contributed by atoms with Gasteiger partial charge in [0.15, 0.2) is 0 Å². The molecule has 1 aliphatic rings. The predicted molar refractivity (Wildman–Crippen MR) is 43.4 cm³/mol. The molecule has 1 atom stereocenters. The molecule has 52 valence electrons. The fourth-order valence-corrected chi connectivity index (χ4v) is 1.82. The number of rotatable bonds is 1. The molecule has 1 N–H and O–H groups in total. The minimum absolute atomic E-state index is 0.748. The first-order chi connectivity index (χ1) is 4.20. The van der Waals surface area contributed by atoms with Crippen molar-refractivity contribution in [3.05, 3.63) is 11.6 Å². The van der Waals surface area contributed by atoms with Crippen molar-refractivity contribution >= 4 is 11.8 Å². The second kappa shape index (κ2) is 2.65. The lowest BCUT2D eigenvalue weighted by atomic mass is 10.1. The van der Waals surface area contributed by atoms with E-state index in [0.29, 0.717) is 0 Å². The SMILES string of the molecule is C=C1NC[C@@H](C(C)C)S1. The van der Waals surface area contributed by atoms with Gasteiger partial charge in [0, 0.05) is 11.8 Å². The van der Waals surface area contributed by atoms with E-state index in [1.807, 2.05) is 11.8 Å². The van der Waals surface area contributed by atoms with Crippen LogP contribution in [0.15, 0.2) is 11.6 Å². The topological polar surface area (TPSA) is 12.0 Å². The molecule has 0 spiro atoms. The lowest BCUT2D eigenvalue weighted by Gasteiger charge is -2.09. The van der Waals surface area contributed by atoms with Crippen LogP contribution in [0.1, 0.15) is 13.8 Å². The molecule has 0 amide bonds. The summed E-state index contributed by atoms with van der Waals surface area (Å²) < 4.78 is 0. The Morgan fingerprint density at radius 3 is 2.67 bits per heavy atom. The lowest BCUT2D eigenvalue weighted by molar-refractivity contribution is 0.602. The highest BCUT2D eigenvalue weighted by molar-refractivity contribution is 8.03. The zero-order valence-corrected chi connectivity index (χ0v) is 6.79. The van der Waals surface area contributed by atoms with Crippen molar-refractivity contribution in [1.29, 1.82) is 0 Å². The molecule has 0 aromatic carbocycles. The van der Waals surface area contributed by atoms with Gasteiger partial charge in [0.25, 0.3) is 0 Å². The summed E-state index contributed by atoms with van der Waals surface area (Å²) in [5, 5.41) is 5.10. The van der Waals surface area contributed by atoms with Gasteiger partial charge in [0.1, 0.15) is 0 Å². The van der Waals surface area contributed by atoms with Crippen LogP contribution in [0.3, 0.4) is 0 Å². The number of hydrogen-bond acceptors (Lipinski definition) is 2. The normalized spacial score (nSPS) is 27.0. The number of nitrogens with one attached hydrogen (secondary N) is 1. The van der Waals surface area contributed by atoms with Crippen LogP contribution in [-0.4, -0.2) is 11.8 Å². The first-order valence-corrected chi connectivity index (χ1v) is 4.17. The van der Waals surface area contributed by atoms with Crippen molar-refractivity contribution in [2.24, 2.45) is 5.92 Å². The second-order valence-corrected chi connectivity index (χ2v) is 4.04. The highest BCUT2D eigenvalue weighted by Gasteiger charge is 2.20. The maximum absolute atomic E-state index is 3.84. The van der Waals surface area contributed by atoms with Crippen LogP contribution in [0.4, 0.5) is 0 Å². The van der Waals surface area contributed by atoms with Crippen LogP contribution in [0, 0.1) is 5.92 Å². The molecule has 2 heteroatoms. The Bertz CT molecular complexity index is 120. The van der Waals surface area contributed by atoms with Crippen LogP contribution in [0.5, 0.6) is 0 Å². The molecule has 1 heterocycles. The zero-order valence-electron chi connectivity index (χ0n) is 5.98. The zero-order chi connectivity index (χ0) is 6.85. The third kappa shape index (κ3) is 1.65. The fraction of sp³-hybridized carbons (Fsp3) is 0.714. The van der Waals surface area contributed by atoms with Crippen LogP contribution >= 0.6 is 11.8 Å². The molecule has 0 aromatic rings. The summed E-state index contributed by atoms with van der Waals surface area (Å²) in [5.74, 6) is 0.766. The quantitative estimate of drug-likeness (QED) is 0.601. The summed E-state index contributed by atoms with van der Waals surface area (Å²) in [6.45, 7) is 9.43. The maximum atomic E-state index is 3.84. The van der Waals surface area contributed by atoms with Gasteiger partial charge >= 0.3 is 0 Å². The van der Waals surface area contributed by atoms with Gasteiger partial charge in [-0.15, -0.1) is 11.8 Å².